The van der Waals surface area contributed by atoms with Gasteiger partial charge in [-0.2, -0.15) is 0 Å². The average molecular weight is 355 g/mol. The molecule has 0 unspecified atom stereocenters. The SMILES string of the molecule is O=C(c1cc(-c2cccs2)on1)N1CCN(c2ccccc2O)CC1. The number of phenols is 1. The normalized spacial score (nSPS) is 14.7. The molecule has 1 saturated heterocycles. The van der Waals surface area contributed by atoms with Crippen molar-refractivity contribution < 1.29 is 14.4 Å². The van der Waals surface area contributed by atoms with Crippen molar-refractivity contribution in [2.24, 2.45) is 0 Å². The minimum absolute atomic E-state index is 0.122. The van der Waals surface area contributed by atoms with E-state index in [0.29, 0.717) is 37.6 Å². The third-order valence-electron chi connectivity index (χ3n) is 4.28. The Morgan fingerprint density at radius 3 is 2.64 bits per heavy atom. The Kier molecular flexibility index (Phi) is 4.15. The van der Waals surface area contributed by atoms with Gasteiger partial charge in [0.1, 0.15) is 5.75 Å². The van der Waals surface area contributed by atoms with Crippen molar-refractivity contribution in [3.63, 3.8) is 0 Å². The zero-order valence-electron chi connectivity index (χ0n) is 13.5. The van der Waals surface area contributed by atoms with Gasteiger partial charge in [0.15, 0.2) is 11.5 Å². The van der Waals surface area contributed by atoms with Crippen molar-refractivity contribution in [2.45, 2.75) is 0 Å². The summed E-state index contributed by atoms with van der Waals surface area (Å²) in [5.41, 5.74) is 1.13. The highest BCUT2D eigenvalue weighted by Gasteiger charge is 2.25. The molecule has 1 aliphatic heterocycles. The zero-order chi connectivity index (χ0) is 17.2. The topological polar surface area (TPSA) is 69.8 Å². The number of aromatic nitrogens is 1. The molecule has 0 spiro atoms. The molecule has 0 saturated carbocycles. The van der Waals surface area contributed by atoms with Crippen LogP contribution in [0.2, 0.25) is 0 Å². The molecule has 25 heavy (non-hydrogen) atoms. The first kappa shape index (κ1) is 15.7. The Bertz CT molecular complexity index is 867. The maximum absolute atomic E-state index is 12.6. The molecule has 1 aliphatic rings. The summed E-state index contributed by atoms with van der Waals surface area (Å²) in [6, 6.07) is 12.8. The highest BCUT2D eigenvalue weighted by atomic mass is 32.1. The molecule has 7 heteroatoms. The maximum atomic E-state index is 12.6. The molecule has 6 nitrogen and oxygen atoms in total. The van der Waals surface area contributed by atoms with Crippen LogP contribution in [0.3, 0.4) is 0 Å². The van der Waals surface area contributed by atoms with E-state index in [1.165, 1.54) is 0 Å². The van der Waals surface area contributed by atoms with Gasteiger partial charge in [-0.3, -0.25) is 4.79 Å². The lowest BCUT2D eigenvalue weighted by atomic mass is 10.2. The monoisotopic (exact) mass is 355 g/mol. The number of rotatable bonds is 3. The lowest BCUT2D eigenvalue weighted by Gasteiger charge is -2.35. The van der Waals surface area contributed by atoms with Gasteiger partial charge in [-0.05, 0) is 23.6 Å². The predicted octanol–water partition coefficient (Wildman–Crippen LogP) is 3.07. The summed E-state index contributed by atoms with van der Waals surface area (Å²) in [4.78, 5) is 17.4. The van der Waals surface area contributed by atoms with Crippen molar-refractivity contribution in [1.29, 1.82) is 0 Å². The summed E-state index contributed by atoms with van der Waals surface area (Å²) >= 11 is 1.55. The largest absolute Gasteiger partial charge is 0.506 e. The fraction of sp³-hybridized carbons (Fsp3) is 0.222. The molecule has 1 aromatic carbocycles. The van der Waals surface area contributed by atoms with Gasteiger partial charge >= 0.3 is 0 Å². The minimum atomic E-state index is -0.122. The highest BCUT2D eigenvalue weighted by molar-refractivity contribution is 7.13. The van der Waals surface area contributed by atoms with E-state index in [-0.39, 0.29) is 11.7 Å². The number of thiophene rings is 1. The molecule has 3 heterocycles. The summed E-state index contributed by atoms with van der Waals surface area (Å²) in [5.74, 6) is 0.758. The molecule has 1 fully saturated rings. The number of carbonyl (C=O) groups excluding carboxylic acids is 1. The first-order chi connectivity index (χ1) is 12.2. The minimum Gasteiger partial charge on any atom is -0.506 e. The van der Waals surface area contributed by atoms with E-state index in [0.717, 1.165) is 10.6 Å². The van der Waals surface area contributed by atoms with Gasteiger partial charge in [0.25, 0.3) is 5.91 Å². The number of anilines is 1. The number of aromatic hydroxyl groups is 1. The Balaban J connectivity index is 1.42. The van der Waals surface area contributed by atoms with Gasteiger partial charge in [-0.1, -0.05) is 23.4 Å². The van der Waals surface area contributed by atoms with E-state index in [9.17, 15) is 9.90 Å². The van der Waals surface area contributed by atoms with E-state index >= 15 is 0 Å². The van der Waals surface area contributed by atoms with Gasteiger partial charge in [0, 0.05) is 32.2 Å². The number of hydrogen-bond acceptors (Lipinski definition) is 6. The molecule has 0 aliphatic carbocycles. The second-order valence-corrected chi connectivity index (χ2v) is 6.77. The van der Waals surface area contributed by atoms with E-state index in [2.05, 4.69) is 10.1 Å². The average Bonchev–Trinajstić information content (AvgIpc) is 3.33. The van der Waals surface area contributed by atoms with E-state index in [4.69, 9.17) is 4.52 Å². The molecule has 128 valence electrons. The van der Waals surface area contributed by atoms with Crippen molar-refractivity contribution in [2.75, 3.05) is 31.1 Å². The fourth-order valence-electron chi connectivity index (χ4n) is 2.95. The van der Waals surface area contributed by atoms with Crippen LogP contribution >= 0.6 is 11.3 Å². The maximum Gasteiger partial charge on any atom is 0.276 e. The second-order valence-electron chi connectivity index (χ2n) is 5.82. The van der Waals surface area contributed by atoms with Crippen LogP contribution in [0.5, 0.6) is 5.75 Å². The van der Waals surface area contributed by atoms with Gasteiger partial charge in [0.05, 0.1) is 10.6 Å². The van der Waals surface area contributed by atoms with Gasteiger partial charge < -0.3 is 19.4 Å². The van der Waals surface area contributed by atoms with Crippen LogP contribution in [0, 0.1) is 0 Å². The van der Waals surface area contributed by atoms with Crippen LogP contribution < -0.4 is 4.90 Å². The second kappa shape index (κ2) is 6.60. The van der Waals surface area contributed by atoms with E-state index in [1.807, 2.05) is 29.6 Å². The van der Waals surface area contributed by atoms with Crippen LogP contribution in [0.15, 0.2) is 52.4 Å². The number of nitrogens with zero attached hydrogens (tertiary/aromatic N) is 3. The Labute approximate surface area is 148 Å². The molecule has 0 radical (unpaired) electrons. The van der Waals surface area contributed by atoms with E-state index < -0.39 is 0 Å². The Morgan fingerprint density at radius 1 is 1.12 bits per heavy atom. The Hall–Kier alpha value is -2.80. The lowest BCUT2D eigenvalue weighted by Crippen LogP contribution is -2.48. The number of piperazine rings is 1. The Morgan fingerprint density at radius 2 is 1.92 bits per heavy atom. The molecule has 4 rings (SSSR count). The number of phenolic OH excluding ortho intramolecular Hbond substituents is 1. The quantitative estimate of drug-likeness (QED) is 0.782. The summed E-state index contributed by atoms with van der Waals surface area (Å²) in [7, 11) is 0. The molecule has 0 bridgehead atoms. The van der Waals surface area contributed by atoms with Gasteiger partial charge in [-0.15, -0.1) is 11.3 Å². The van der Waals surface area contributed by atoms with Crippen LogP contribution in [0.1, 0.15) is 10.5 Å². The number of amides is 1. The van der Waals surface area contributed by atoms with Gasteiger partial charge in [0.2, 0.25) is 0 Å². The first-order valence-corrected chi connectivity index (χ1v) is 8.93. The molecular formula is C18H17N3O3S. The first-order valence-electron chi connectivity index (χ1n) is 8.05. The molecule has 1 N–H and O–H groups in total. The third-order valence-corrected chi connectivity index (χ3v) is 5.17. The van der Waals surface area contributed by atoms with Crippen LogP contribution in [-0.2, 0) is 0 Å². The van der Waals surface area contributed by atoms with Crippen molar-refractivity contribution in [3.8, 4) is 16.4 Å². The number of para-hydroxylation sites is 2. The zero-order valence-corrected chi connectivity index (χ0v) is 14.3. The molecule has 0 atom stereocenters. The van der Waals surface area contributed by atoms with Crippen molar-refractivity contribution in [1.82, 2.24) is 10.1 Å². The number of benzene rings is 1. The van der Waals surface area contributed by atoms with Crippen LogP contribution in [0.4, 0.5) is 5.69 Å². The summed E-state index contributed by atoms with van der Waals surface area (Å²) in [6.07, 6.45) is 0. The summed E-state index contributed by atoms with van der Waals surface area (Å²) in [5, 5.41) is 15.8. The summed E-state index contributed by atoms with van der Waals surface area (Å²) < 4.78 is 5.30. The molecule has 1 amide bonds. The third kappa shape index (κ3) is 3.10. The number of hydrogen-bond donors (Lipinski definition) is 1. The van der Waals surface area contributed by atoms with Gasteiger partial charge in [-0.25, -0.2) is 0 Å². The number of carbonyl (C=O) groups is 1. The van der Waals surface area contributed by atoms with Crippen LogP contribution in [-0.4, -0.2) is 47.2 Å². The molecule has 3 aromatic rings. The molecule has 2 aromatic heterocycles. The van der Waals surface area contributed by atoms with E-state index in [1.54, 1.807) is 34.4 Å². The van der Waals surface area contributed by atoms with Crippen molar-refractivity contribution >= 4 is 22.9 Å². The fourth-order valence-corrected chi connectivity index (χ4v) is 3.63. The van der Waals surface area contributed by atoms with Crippen molar-refractivity contribution in [3.05, 3.63) is 53.5 Å². The standard InChI is InChI=1S/C18H17N3O3S/c22-15-5-2-1-4-14(15)20-7-9-21(10-8-20)18(23)13-12-16(24-19-13)17-6-3-11-25-17/h1-6,11-12,22H,7-10H2. The smallest absolute Gasteiger partial charge is 0.276 e. The molecular weight excluding hydrogens is 338 g/mol. The lowest BCUT2D eigenvalue weighted by molar-refractivity contribution is 0.0736. The summed E-state index contributed by atoms with van der Waals surface area (Å²) in [6.45, 7) is 2.49. The predicted molar refractivity (Wildman–Crippen MR) is 96.0 cm³/mol. The highest BCUT2D eigenvalue weighted by Crippen LogP contribution is 2.28. The van der Waals surface area contributed by atoms with Crippen LogP contribution in [0.25, 0.3) is 10.6 Å².